The lowest BCUT2D eigenvalue weighted by Crippen LogP contribution is -2.11. The predicted molar refractivity (Wildman–Crippen MR) is 114 cm³/mol. The molecule has 1 aromatic carbocycles. The number of carbonyl (C=O) groups is 2. The van der Waals surface area contributed by atoms with Gasteiger partial charge in [0.2, 0.25) is 5.78 Å². The highest BCUT2D eigenvalue weighted by atomic mass is 16.1. The van der Waals surface area contributed by atoms with Crippen LogP contribution in [0.25, 0.3) is 11.0 Å². The molecule has 0 amide bonds. The third-order valence-electron chi connectivity index (χ3n) is 3.73. The average Bonchev–Trinajstić information content (AvgIpc) is 3.12. The van der Waals surface area contributed by atoms with Crippen molar-refractivity contribution < 1.29 is 11.0 Å². The van der Waals surface area contributed by atoms with E-state index in [1.807, 2.05) is 65.8 Å². The van der Waals surface area contributed by atoms with Gasteiger partial charge in [0.25, 0.3) is 0 Å². The van der Waals surface area contributed by atoms with Crippen LogP contribution in [0.5, 0.6) is 0 Å². The molecular formula is C22H32N4O2. The molecule has 0 aliphatic carbocycles. The number of rotatable bonds is 5. The van der Waals surface area contributed by atoms with E-state index in [2.05, 4.69) is 19.9 Å². The SMILES string of the molecule is CC.CC(C)C(=O)Cc1nc2ccccc2[nH]1.CC(C)C(=O)c1ncccn1.[HH]. The number of nitrogens with one attached hydrogen (secondary N) is 1. The molecule has 0 fully saturated rings. The van der Waals surface area contributed by atoms with E-state index in [0.717, 1.165) is 16.9 Å². The van der Waals surface area contributed by atoms with Crippen molar-refractivity contribution in [3.8, 4) is 0 Å². The second-order valence-corrected chi connectivity index (χ2v) is 6.59. The first-order valence-electron chi connectivity index (χ1n) is 9.66. The Labute approximate surface area is 168 Å². The summed E-state index contributed by atoms with van der Waals surface area (Å²) in [6.07, 6.45) is 3.54. The highest BCUT2D eigenvalue weighted by molar-refractivity contribution is 5.93. The van der Waals surface area contributed by atoms with E-state index in [9.17, 15) is 9.59 Å². The van der Waals surface area contributed by atoms with Gasteiger partial charge < -0.3 is 4.98 Å². The smallest absolute Gasteiger partial charge is 0.202 e. The molecule has 0 unspecified atom stereocenters. The average molecular weight is 385 g/mol. The van der Waals surface area contributed by atoms with Crippen LogP contribution in [-0.4, -0.2) is 31.5 Å². The van der Waals surface area contributed by atoms with Crippen LogP contribution in [0.1, 0.15) is 59.4 Å². The second-order valence-electron chi connectivity index (χ2n) is 6.59. The van der Waals surface area contributed by atoms with Crippen LogP contribution >= 0.6 is 0 Å². The largest absolute Gasteiger partial charge is 0.342 e. The molecule has 0 bridgehead atoms. The quantitative estimate of drug-likeness (QED) is 0.631. The van der Waals surface area contributed by atoms with Gasteiger partial charge in [-0.3, -0.25) is 9.59 Å². The summed E-state index contributed by atoms with van der Waals surface area (Å²) in [5.74, 6) is 1.31. The van der Waals surface area contributed by atoms with Crippen molar-refractivity contribution in [3.05, 3.63) is 54.4 Å². The van der Waals surface area contributed by atoms with Crippen LogP contribution in [0.2, 0.25) is 0 Å². The van der Waals surface area contributed by atoms with Crippen LogP contribution in [0.4, 0.5) is 0 Å². The van der Waals surface area contributed by atoms with Gasteiger partial charge in [0, 0.05) is 25.7 Å². The van der Waals surface area contributed by atoms with E-state index in [1.165, 1.54) is 0 Å². The van der Waals surface area contributed by atoms with Gasteiger partial charge in [0.05, 0.1) is 17.5 Å². The molecule has 6 heteroatoms. The van der Waals surface area contributed by atoms with E-state index >= 15 is 0 Å². The van der Waals surface area contributed by atoms with Gasteiger partial charge in [0.15, 0.2) is 5.82 Å². The topological polar surface area (TPSA) is 88.6 Å². The van der Waals surface area contributed by atoms with Gasteiger partial charge >= 0.3 is 0 Å². The zero-order valence-corrected chi connectivity index (χ0v) is 17.6. The zero-order valence-electron chi connectivity index (χ0n) is 17.6. The Kier molecular flexibility index (Phi) is 9.71. The number of imidazole rings is 1. The summed E-state index contributed by atoms with van der Waals surface area (Å²) in [6.45, 7) is 11.5. The number of hydrogen-bond acceptors (Lipinski definition) is 5. The number of ketones is 2. The van der Waals surface area contributed by atoms with Crippen molar-refractivity contribution >= 4 is 22.6 Å². The zero-order chi connectivity index (χ0) is 21.1. The van der Waals surface area contributed by atoms with E-state index in [-0.39, 0.29) is 24.8 Å². The first kappa shape index (κ1) is 23.1. The fourth-order valence-electron chi connectivity index (χ4n) is 2.14. The minimum absolute atomic E-state index is 0. The van der Waals surface area contributed by atoms with Crippen molar-refractivity contribution in [2.75, 3.05) is 0 Å². The van der Waals surface area contributed by atoms with Gasteiger partial charge in [-0.15, -0.1) is 0 Å². The van der Waals surface area contributed by atoms with Crippen LogP contribution < -0.4 is 0 Å². The third kappa shape index (κ3) is 7.02. The fourth-order valence-corrected chi connectivity index (χ4v) is 2.14. The Morgan fingerprint density at radius 2 is 1.57 bits per heavy atom. The first-order valence-corrected chi connectivity index (χ1v) is 9.66. The number of H-pyrrole nitrogens is 1. The molecule has 2 heterocycles. The van der Waals surface area contributed by atoms with E-state index in [4.69, 9.17) is 0 Å². The van der Waals surface area contributed by atoms with Gasteiger partial charge in [-0.2, -0.15) is 0 Å². The number of para-hydroxylation sites is 2. The van der Waals surface area contributed by atoms with E-state index < -0.39 is 0 Å². The maximum Gasteiger partial charge on any atom is 0.202 e. The maximum absolute atomic E-state index is 11.5. The predicted octanol–water partition coefficient (Wildman–Crippen LogP) is 4.92. The Morgan fingerprint density at radius 1 is 0.964 bits per heavy atom. The van der Waals surface area contributed by atoms with Crippen molar-refractivity contribution in [3.63, 3.8) is 0 Å². The lowest BCUT2D eigenvalue weighted by Gasteiger charge is -2.00. The minimum Gasteiger partial charge on any atom is -0.342 e. The van der Waals surface area contributed by atoms with Gasteiger partial charge in [-0.05, 0) is 18.2 Å². The maximum atomic E-state index is 11.5. The number of aromatic nitrogens is 4. The van der Waals surface area contributed by atoms with Crippen molar-refractivity contribution in [1.29, 1.82) is 0 Å². The first-order chi connectivity index (χ1) is 13.4. The third-order valence-corrected chi connectivity index (χ3v) is 3.73. The highest BCUT2D eigenvalue weighted by Crippen LogP contribution is 2.11. The Balaban J connectivity index is 0.000000501. The van der Waals surface area contributed by atoms with E-state index in [1.54, 1.807) is 18.5 Å². The molecule has 6 nitrogen and oxygen atoms in total. The van der Waals surface area contributed by atoms with Gasteiger partial charge in [0.1, 0.15) is 11.6 Å². The summed E-state index contributed by atoms with van der Waals surface area (Å²) < 4.78 is 0. The monoisotopic (exact) mass is 384 g/mol. The van der Waals surface area contributed by atoms with Crippen molar-refractivity contribution in [2.45, 2.75) is 48.0 Å². The number of Topliss-reactive ketones (excluding diaryl/α,β-unsaturated/α-hetero) is 2. The fraction of sp³-hybridized carbons (Fsp3) is 0.409. The molecule has 1 N–H and O–H groups in total. The van der Waals surface area contributed by atoms with Gasteiger partial charge in [-0.25, -0.2) is 15.0 Å². The van der Waals surface area contributed by atoms with Crippen LogP contribution in [-0.2, 0) is 11.2 Å². The number of benzene rings is 1. The molecule has 0 radical (unpaired) electrons. The Bertz CT molecular complexity index is 844. The summed E-state index contributed by atoms with van der Waals surface area (Å²) in [4.78, 5) is 37.9. The standard InChI is InChI=1S/C12H14N2O.C8H10N2O.C2H6.H2/c1-8(2)11(15)7-12-13-9-5-3-4-6-10(9)14-12;1-6(2)7(11)8-9-4-3-5-10-8;1-2;/h3-6,8H,7H2,1-2H3,(H,13,14);3-6H,1-2H3;1-2H3;1H. The molecule has 3 aromatic rings. The summed E-state index contributed by atoms with van der Waals surface area (Å²) in [7, 11) is 0. The number of hydrogen-bond donors (Lipinski definition) is 1. The molecule has 28 heavy (non-hydrogen) atoms. The van der Waals surface area contributed by atoms with Crippen LogP contribution in [0, 0.1) is 11.8 Å². The number of aromatic amines is 1. The molecule has 0 aliphatic rings. The lowest BCUT2D eigenvalue weighted by molar-refractivity contribution is -0.121. The molecule has 0 saturated heterocycles. The summed E-state index contributed by atoms with van der Waals surface area (Å²) in [6, 6.07) is 9.49. The summed E-state index contributed by atoms with van der Waals surface area (Å²) in [5.41, 5.74) is 1.91. The minimum atomic E-state index is -0.0302. The van der Waals surface area contributed by atoms with Crippen LogP contribution in [0.3, 0.4) is 0 Å². The molecule has 3 rings (SSSR count). The molecule has 2 aromatic heterocycles. The van der Waals surface area contributed by atoms with Crippen molar-refractivity contribution in [2.24, 2.45) is 11.8 Å². The second kappa shape index (κ2) is 11.7. The number of fused-ring (bicyclic) bond motifs is 1. The molecule has 0 spiro atoms. The van der Waals surface area contributed by atoms with Crippen LogP contribution in [0.15, 0.2) is 42.7 Å². The molecule has 0 saturated carbocycles. The molecule has 0 aliphatic heterocycles. The summed E-state index contributed by atoms with van der Waals surface area (Å²) >= 11 is 0. The van der Waals surface area contributed by atoms with Crippen molar-refractivity contribution in [1.82, 2.24) is 19.9 Å². The number of nitrogens with zero attached hydrogens (tertiary/aromatic N) is 3. The van der Waals surface area contributed by atoms with E-state index in [0.29, 0.717) is 12.2 Å². The molecule has 0 atom stereocenters. The summed E-state index contributed by atoms with van der Waals surface area (Å²) in [5, 5.41) is 0. The molecule has 152 valence electrons. The Hall–Kier alpha value is -2.89. The number of carbonyl (C=O) groups excluding carboxylic acids is 2. The Morgan fingerprint density at radius 3 is 2.11 bits per heavy atom. The van der Waals surface area contributed by atoms with Gasteiger partial charge in [-0.1, -0.05) is 53.7 Å². The molecular weight excluding hydrogens is 352 g/mol. The lowest BCUT2D eigenvalue weighted by atomic mass is 10.1. The highest BCUT2D eigenvalue weighted by Gasteiger charge is 2.12. The normalized spacial score (nSPS) is 10.1.